The monoisotopic (exact) mass is 617 g/mol. The van der Waals surface area contributed by atoms with Crippen LogP contribution < -0.4 is 20.9 Å². The molecule has 2 aliphatic rings. The van der Waals surface area contributed by atoms with Crippen LogP contribution in [0, 0.1) is 17.0 Å². The molecule has 3 aromatic rings. The first kappa shape index (κ1) is 30.4. The number of ether oxygens (including phenoxy) is 2. The minimum atomic E-state index is -3.62. The van der Waals surface area contributed by atoms with E-state index in [-0.39, 0.29) is 69.0 Å². The molecule has 0 radical (unpaired) electrons. The van der Waals surface area contributed by atoms with E-state index in [0.29, 0.717) is 23.0 Å². The van der Waals surface area contributed by atoms with Gasteiger partial charge in [-0.05, 0) is 42.7 Å². The largest absolute Gasteiger partial charge is 0.485 e. The quantitative estimate of drug-likeness (QED) is 0.254. The Balaban J connectivity index is 1.37. The SMILES string of the molecule is CCC(=O)OCC1(COc2c(N3CCN(S(=O)(=O)Cc4ccc(N)cc4)CC3)cnn(-c3cc(F)cc(F)c3)c2=O)CC1. The molecule has 230 valence electrons. The molecule has 1 aliphatic heterocycles. The lowest BCUT2D eigenvalue weighted by Crippen LogP contribution is -2.49. The predicted octanol–water partition coefficient (Wildman–Crippen LogP) is 2.86. The van der Waals surface area contributed by atoms with E-state index in [9.17, 15) is 26.8 Å². The third kappa shape index (κ3) is 7.13. The third-order valence-electron chi connectivity index (χ3n) is 7.62. The first-order valence-electron chi connectivity index (χ1n) is 13.9. The van der Waals surface area contributed by atoms with Crippen LogP contribution in [0.4, 0.5) is 20.2 Å². The molecule has 0 amide bonds. The zero-order chi connectivity index (χ0) is 30.8. The van der Waals surface area contributed by atoms with Crippen molar-refractivity contribution in [3.05, 3.63) is 76.2 Å². The van der Waals surface area contributed by atoms with Crippen molar-refractivity contribution in [3.63, 3.8) is 0 Å². The topological polar surface area (TPSA) is 137 Å². The number of nitrogens with zero attached hydrogens (tertiary/aromatic N) is 4. The van der Waals surface area contributed by atoms with Crippen molar-refractivity contribution in [1.82, 2.24) is 14.1 Å². The van der Waals surface area contributed by atoms with E-state index in [4.69, 9.17) is 15.2 Å². The molecule has 1 saturated heterocycles. The second-order valence-corrected chi connectivity index (χ2v) is 12.9. The Kier molecular flexibility index (Phi) is 8.69. The molecule has 2 fully saturated rings. The number of carbonyl (C=O) groups excluding carboxylic acids is 1. The number of hydrogen-bond donors (Lipinski definition) is 1. The van der Waals surface area contributed by atoms with Crippen molar-refractivity contribution in [2.75, 3.05) is 50.0 Å². The van der Waals surface area contributed by atoms with Gasteiger partial charge in [-0.1, -0.05) is 19.1 Å². The van der Waals surface area contributed by atoms with Gasteiger partial charge in [0.1, 0.15) is 23.9 Å². The number of rotatable bonds is 11. The first-order chi connectivity index (χ1) is 20.5. The van der Waals surface area contributed by atoms with Crippen LogP contribution in [0.15, 0.2) is 53.5 Å². The maximum atomic E-state index is 14.0. The summed E-state index contributed by atoms with van der Waals surface area (Å²) in [6, 6.07) is 9.31. The van der Waals surface area contributed by atoms with Crippen LogP contribution in [0.3, 0.4) is 0 Å². The Labute approximate surface area is 247 Å². The van der Waals surface area contributed by atoms with Crippen molar-refractivity contribution in [2.45, 2.75) is 31.9 Å². The average molecular weight is 618 g/mol. The number of esters is 1. The number of nitrogen functional groups attached to an aromatic ring is 1. The minimum Gasteiger partial charge on any atom is -0.485 e. The summed E-state index contributed by atoms with van der Waals surface area (Å²) >= 11 is 0. The summed E-state index contributed by atoms with van der Waals surface area (Å²) in [5, 5.41) is 4.17. The van der Waals surface area contributed by atoms with E-state index in [0.717, 1.165) is 29.7 Å². The molecule has 0 unspecified atom stereocenters. The van der Waals surface area contributed by atoms with Gasteiger partial charge in [0.25, 0.3) is 0 Å². The normalized spacial score (nSPS) is 16.6. The highest BCUT2D eigenvalue weighted by molar-refractivity contribution is 7.88. The standard InChI is InChI=1S/C29H33F2N5O6S/c1-2-26(37)41-18-29(7-8-29)19-42-27-25(16-33-36(28(27)38)24-14-21(30)13-22(31)15-24)34-9-11-35(12-10-34)43(39,40)17-20-3-5-23(32)6-4-20/h3-6,13-16H,2,7-12,17-19,32H2,1H3. The number of carbonyl (C=O) groups is 1. The van der Waals surface area contributed by atoms with Crippen LogP contribution in [0.1, 0.15) is 31.7 Å². The number of anilines is 2. The summed E-state index contributed by atoms with van der Waals surface area (Å²) in [5.41, 5.74) is 5.90. The molecular weight excluding hydrogens is 584 g/mol. The Bertz CT molecular complexity index is 1630. The van der Waals surface area contributed by atoms with E-state index in [1.165, 1.54) is 10.5 Å². The Morgan fingerprint density at radius 1 is 1.02 bits per heavy atom. The van der Waals surface area contributed by atoms with Crippen LogP contribution in [0.5, 0.6) is 5.75 Å². The van der Waals surface area contributed by atoms with Gasteiger partial charge < -0.3 is 20.1 Å². The summed E-state index contributed by atoms with van der Waals surface area (Å²) in [6.07, 6.45) is 3.08. The molecular formula is C29H33F2N5O6S. The van der Waals surface area contributed by atoms with Crippen molar-refractivity contribution in [1.29, 1.82) is 0 Å². The fraction of sp³-hybridized carbons (Fsp3) is 0.414. The van der Waals surface area contributed by atoms with E-state index < -0.39 is 32.6 Å². The van der Waals surface area contributed by atoms with Crippen LogP contribution in [0.25, 0.3) is 5.69 Å². The van der Waals surface area contributed by atoms with E-state index >= 15 is 0 Å². The van der Waals surface area contributed by atoms with Gasteiger partial charge in [-0.3, -0.25) is 9.59 Å². The van der Waals surface area contributed by atoms with Gasteiger partial charge in [0.05, 0.1) is 24.2 Å². The molecule has 1 aliphatic carbocycles. The number of hydrogen-bond acceptors (Lipinski definition) is 9. The summed E-state index contributed by atoms with van der Waals surface area (Å²) in [4.78, 5) is 27.2. The lowest BCUT2D eigenvalue weighted by Gasteiger charge is -2.35. The highest BCUT2D eigenvalue weighted by atomic mass is 32.2. The lowest BCUT2D eigenvalue weighted by atomic mass is 10.1. The van der Waals surface area contributed by atoms with Crippen LogP contribution in [-0.4, -0.2) is 67.9 Å². The summed E-state index contributed by atoms with van der Waals surface area (Å²) < 4.78 is 67.8. The fourth-order valence-corrected chi connectivity index (χ4v) is 6.34. The van der Waals surface area contributed by atoms with Crippen LogP contribution >= 0.6 is 0 Å². The van der Waals surface area contributed by atoms with E-state index in [1.54, 1.807) is 36.1 Å². The fourth-order valence-electron chi connectivity index (χ4n) is 4.83. The molecule has 14 heteroatoms. The number of piperazine rings is 1. The van der Waals surface area contributed by atoms with Crippen molar-refractivity contribution >= 4 is 27.4 Å². The third-order valence-corrected chi connectivity index (χ3v) is 9.47. The molecule has 43 heavy (non-hydrogen) atoms. The highest BCUT2D eigenvalue weighted by Crippen LogP contribution is 2.46. The predicted molar refractivity (Wildman–Crippen MR) is 155 cm³/mol. The number of benzene rings is 2. The van der Waals surface area contributed by atoms with Gasteiger partial charge in [-0.15, -0.1) is 0 Å². The zero-order valence-corrected chi connectivity index (χ0v) is 24.5. The van der Waals surface area contributed by atoms with Crippen LogP contribution in [-0.2, 0) is 25.3 Å². The molecule has 0 bridgehead atoms. The zero-order valence-electron chi connectivity index (χ0n) is 23.7. The minimum absolute atomic E-state index is 0.0731. The second-order valence-electron chi connectivity index (χ2n) is 10.9. The Hall–Kier alpha value is -4.04. The van der Waals surface area contributed by atoms with Crippen molar-refractivity contribution in [2.24, 2.45) is 5.41 Å². The maximum absolute atomic E-state index is 14.0. The van der Waals surface area contributed by atoms with Gasteiger partial charge >= 0.3 is 11.5 Å². The van der Waals surface area contributed by atoms with Crippen LogP contribution in [0.2, 0.25) is 0 Å². The van der Waals surface area contributed by atoms with Gasteiger partial charge in [-0.25, -0.2) is 17.2 Å². The smallest absolute Gasteiger partial charge is 0.316 e. The highest BCUT2D eigenvalue weighted by Gasteiger charge is 2.45. The van der Waals surface area contributed by atoms with E-state index in [1.807, 2.05) is 0 Å². The van der Waals surface area contributed by atoms with Gasteiger partial charge in [0.15, 0.2) is 0 Å². The number of sulfonamides is 1. The average Bonchev–Trinajstić information content (AvgIpc) is 3.75. The summed E-state index contributed by atoms with van der Waals surface area (Å²) in [5.74, 6) is -2.35. The Morgan fingerprint density at radius 3 is 2.28 bits per heavy atom. The van der Waals surface area contributed by atoms with Crippen molar-refractivity contribution < 1.29 is 31.5 Å². The summed E-state index contributed by atoms with van der Waals surface area (Å²) in [6.45, 7) is 2.73. The number of halogens is 2. The number of aromatic nitrogens is 2. The molecule has 2 aromatic carbocycles. The molecule has 2 N–H and O–H groups in total. The maximum Gasteiger partial charge on any atom is 0.316 e. The van der Waals surface area contributed by atoms with Gasteiger partial charge in [0.2, 0.25) is 15.8 Å². The van der Waals surface area contributed by atoms with Gasteiger partial charge in [0, 0.05) is 49.8 Å². The first-order valence-corrected chi connectivity index (χ1v) is 15.5. The van der Waals surface area contributed by atoms with Crippen molar-refractivity contribution in [3.8, 4) is 11.4 Å². The number of nitrogens with two attached hydrogens (primary N) is 1. The molecule has 2 heterocycles. The second kappa shape index (κ2) is 12.3. The van der Waals surface area contributed by atoms with E-state index in [2.05, 4.69) is 5.10 Å². The molecule has 5 rings (SSSR count). The lowest BCUT2D eigenvalue weighted by molar-refractivity contribution is -0.145. The molecule has 0 atom stereocenters. The van der Waals surface area contributed by atoms with Gasteiger partial charge in [-0.2, -0.15) is 14.1 Å². The Morgan fingerprint density at radius 2 is 1.67 bits per heavy atom. The molecule has 0 spiro atoms. The molecule has 11 nitrogen and oxygen atoms in total. The summed E-state index contributed by atoms with van der Waals surface area (Å²) in [7, 11) is -3.62. The molecule has 1 aromatic heterocycles. The molecule has 1 saturated carbocycles.